The van der Waals surface area contributed by atoms with Crippen LogP contribution in [0.15, 0.2) is 24.3 Å². The Morgan fingerprint density at radius 3 is 2.53 bits per heavy atom. The molecule has 7 nitrogen and oxygen atoms in total. The number of benzene rings is 1. The molecule has 1 aromatic rings. The summed E-state index contributed by atoms with van der Waals surface area (Å²) in [5.74, 6) is 0.771. The van der Waals surface area contributed by atoms with Gasteiger partial charge in [-0.3, -0.25) is 14.5 Å². The Bertz CT molecular complexity index is 697. The van der Waals surface area contributed by atoms with Gasteiger partial charge in [-0.15, -0.1) is 0 Å². The molecule has 1 aromatic carbocycles. The van der Waals surface area contributed by atoms with Gasteiger partial charge in [-0.05, 0) is 50.3 Å². The summed E-state index contributed by atoms with van der Waals surface area (Å²) in [4.78, 5) is 28.4. The van der Waals surface area contributed by atoms with Gasteiger partial charge in [-0.1, -0.05) is 12.1 Å². The minimum atomic E-state index is -0.102. The molecule has 2 fully saturated rings. The molecule has 1 N–H and O–H groups in total. The number of nitrogens with zero attached hydrogens (tertiary/aromatic N) is 2. The smallest absolute Gasteiger partial charge is 0.257 e. The number of piperidine rings is 1. The first-order chi connectivity index (χ1) is 14.5. The molecule has 2 aliphatic rings. The second kappa shape index (κ2) is 11.3. The highest BCUT2D eigenvalue weighted by Gasteiger charge is 2.31. The Balaban J connectivity index is 1.47. The van der Waals surface area contributed by atoms with Crippen LogP contribution in [0.4, 0.5) is 0 Å². The highest BCUT2D eigenvalue weighted by molar-refractivity contribution is 5.77. The van der Waals surface area contributed by atoms with E-state index in [9.17, 15) is 9.59 Å². The van der Waals surface area contributed by atoms with Crippen LogP contribution in [0.25, 0.3) is 0 Å². The fraction of sp³-hybridized carbons (Fsp3) is 0.652. The number of carbonyl (C=O) groups excluding carboxylic acids is 2. The first kappa shape index (κ1) is 22.6. The summed E-state index contributed by atoms with van der Waals surface area (Å²) in [6.45, 7) is 8.30. The lowest BCUT2D eigenvalue weighted by atomic mass is 9.98. The number of amides is 2. The Hall–Kier alpha value is -2.12. The maximum Gasteiger partial charge on any atom is 0.257 e. The van der Waals surface area contributed by atoms with Gasteiger partial charge in [0.25, 0.3) is 5.91 Å². The van der Waals surface area contributed by atoms with Crippen LogP contribution in [-0.4, -0.2) is 79.7 Å². The van der Waals surface area contributed by atoms with E-state index in [2.05, 4.69) is 10.2 Å². The summed E-state index contributed by atoms with van der Waals surface area (Å²) < 4.78 is 11.1. The SMILES string of the molecule is CC(=O)N1CCC(N(CCNC(=O)COc2cccc(C)c2)C2CCOCC2)CC1. The molecule has 0 atom stereocenters. The summed E-state index contributed by atoms with van der Waals surface area (Å²) >= 11 is 0. The number of ether oxygens (including phenoxy) is 2. The second-order valence-electron chi connectivity index (χ2n) is 8.27. The van der Waals surface area contributed by atoms with Crippen molar-refractivity contribution < 1.29 is 19.1 Å². The Kier molecular flexibility index (Phi) is 8.51. The third-order valence-corrected chi connectivity index (χ3v) is 6.09. The maximum absolute atomic E-state index is 12.2. The molecule has 0 radical (unpaired) electrons. The number of hydrogen-bond donors (Lipinski definition) is 1. The summed E-state index contributed by atoms with van der Waals surface area (Å²) in [7, 11) is 0. The molecule has 166 valence electrons. The van der Waals surface area contributed by atoms with Gasteiger partial charge in [-0.2, -0.15) is 0 Å². The second-order valence-corrected chi connectivity index (χ2v) is 8.27. The summed E-state index contributed by atoms with van der Waals surface area (Å²) in [5.41, 5.74) is 1.11. The van der Waals surface area contributed by atoms with Crippen LogP contribution < -0.4 is 10.1 Å². The average molecular weight is 418 g/mol. The van der Waals surface area contributed by atoms with Gasteiger partial charge in [0, 0.05) is 58.4 Å². The fourth-order valence-electron chi connectivity index (χ4n) is 4.42. The fourth-order valence-corrected chi connectivity index (χ4v) is 4.42. The molecule has 30 heavy (non-hydrogen) atoms. The van der Waals surface area contributed by atoms with Crippen LogP contribution in [0, 0.1) is 6.92 Å². The zero-order chi connectivity index (χ0) is 21.3. The molecule has 2 aliphatic heterocycles. The molecule has 0 aromatic heterocycles. The van der Waals surface area contributed by atoms with E-state index in [-0.39, 0.29) is 18.4 Å². The van der Waals surface area contributed by atoms with Crippen molar-refractivity contribution in [3.05, 3.63) is 29.8 Å². The van der Waals surface area contributed by atoms with E-state index in [0.717, 1.165) is 64.1 Å². The molecular formula is C23H35N3O4. The predicted octanol–water partition coefficient (Wildman–Crippen LogP) is 1.98. The summed E-state index contributed by atoms with van der Waals surface area (Å²) in [6.07, 6.45) is 4.03. The first-order valence-corrected chi connectivity index (χ1v) is 11.1. The quantitative estimate of drug-likeness (QED) is 0.700. The number of rotatable bonds is 8. The third-order valence-electron chi connectivity index (χ3n) is 6.09. The Morgan fingerprint density at radius 1 is 1.17 bits per heavy atom. The van der Waals surface area contributed by atoms with Gasteiger partial charge in [0.1, 0.15) is 5.75 Å². The lowest BCUT2D eigenvalue weighted by molar-refractivity contribution is -0.130. The van der Waals surface area contributed by atoms with E-state index in [0.29, 0.717) is 24.4 Å². The molecule has 2 heterocycles. The van der Waals surface area contributed by atoms with Crippen LogP contribution in [0.3, 0.4) is 0 Å². The minimum Gasteiger partial charge on any atom is -0.484 e. The Morgan fingerprint density at radius 2 is 1.87 bits per heavy atom. The van der Waals surface area contributed by atoms with Gasteiger partial charge < -0.3 is 19.7 Å². The van der Waals surface area contributed by atoms with Crippen molar-refractivity contribution in [1.82, 2.24) is 15.1 Å². The van der Waals surface area contributed by atoms with Crippen molar-refractivity contribution in [3.8, 4) is 5.75 Å². The Labute approximate surface area is 179 Å². The van der Waals surface area contributed by atoms with Crippen LogP contribution in [0.1, 0.15) is 38.2 Å². The summed E-state index contributed by atoms with van der Waals surface area (Å²) in [5, 5.41) is 3.00. The van der Waals surface area contributed by atoms with E-state index < -0.39 is 0 Å². The molecule has 3 rings (SSSR count). The maximum atomic E-state index is 12.2. The molecule has 0 saturated carbocycles. The molecular weight excluding hydrogens is 382 g/mol. The molecule has 2 amide bonds. The van der Waals surface area contributed by atoms with E-state index in [1.54, 1.807) is 6.92 Å². The number of nitrogens with one attached hydrogen (secondary N) is 1. The standard InChI is InChI=1S/C23H35N3O4/c1-18-4-3-5-22(16-18)30-17-23(28)24-10-13-26(21-8-14-29-15-9-21)20-6-11-25(12-7-20)19(2)27/h3-5,16,20-21H,6-15,17H2,1-2H3,(H,24,28). The molecule has 0 bridgehead atoms. The van der Waals surface area contributed by atoms with Crippen LogP contribution in [0.2, 0.25) is 0 Å². The van der Waals surface area contributed by atoms with E-state index in [4.69, 9.17) is 9.47 Å². The van der Waals surface area contributed by atoms with E-state index >= 15 is 0 Å². The summed E-state index contributed by atoms with van der Waals surface area (Å²) in [6, 6.07) is 8.63. The van der Waals surface area contributed by atoms with Gasteiger partial charge in [0.15, 0.2) is 6.61 Å². The van der Waals surface area contributed by atoms with Crippen LogP contribution in [-0.2, 0) is 14.3 Å². The largest absolute Gasteiger partial charge is 0.484 e. The topological polar surface area (TPSA) is 71.1 Å². The average Bonchev–Trinajstić information content (AvgIpc) is 2.76. The zero-order valence-corrected chi connectivity index (χ0v) is 18.3. The minimum absolute atomic E-state index is 0.0255. The van der Waals surface area contributed by atoms with Crippen molar-refractivity contribution in [3.63, 3.8) is 0 Å². The number of likely N-dealkylation sites (tertiary alicyclic amines) is 1. The highest BCUT2D eigenvalue weighted by Crippen LogP contribution is 2.23. The van der Waals surface area contributed by atoms with E-state index in [1.807, 2.05) is 36.1 Å². The van der Waals surface area contributed by atoms with Gasteiger partial charge in [0.2, 0.25) is 5.91 Å². The molecule has 0 unspecified atom stereocenters. The molecule has 2 saturated heterocycles. The normalized spacial score (nSPS) is 18.4. The molecule has 0 spiro atoms. The van der Waals surface area contributed by atoms with Crippen molar-refractivity contribution in [1.29, 1.82) is 0 Å². The van der Waals surface area contributed by atoms with Crippen molar-refractivity contribution in [2.24, 2.45) is 0 Å². The molecule has 7 heteroatoms. The van der Waals surface area contributed by atoms with Crippen LogP contribution in [0.5, 0.6) is 5.75 Å². The van der Waals surface area contributed by atoms with Gasteiger partial charge >= 0.3 is 0 Å². The lowest BCUT2D eigenvalue weighted by Crippen LogP contribution is -2.53. The predicted molar refractivity (Wildman–Crippen MR) is 116 cm³/mol. The third kappa shape index (κ3) is 6.71. The van der Waals surface area contributed by atoms with Gasteiger partial charge in [0.05, 0.1) is 0 Å². The van der Waals surface area contributed by atoms with Crippen LogP contribution >= 0.6 is 0 Å². The van der Waals surface area contributed by atoms with E-state index in [1.165, 1.54) is 0 Å². The zero-order valence-electron chi connectivity index (χ0n) is 18.3. The monoisotopic (exact) mass is 417 g/mol. The molecule has 0 aliphatic carbocycles. The van der Waals surface area contributed by atoms with Crippen molar-refractivity contribution in [2.45, 2.75) is 51.6 Å². The number of aryl methyl sites for hydroxylation is 1. The first-order valence-electron chi connectivity index (χ1n) is 11.1. The lowest BCUT2D eigenvalue weighted by Gasteiger charge is -2.43. The van der Waals surface area contributed by atoms with Crippen molar-refractivity contribution in [2.75, 3.05) is 46.0 Å². The van der Waals surface area contributed by atoms with Gasteiger partial charge in [-0.25, -0.2) is 0 Å². The number of carbonyl (C=O) groups is 2. The number of hydrogen-bond acceptors (Lipinski definition) is 5. The van der Waals surface area contributed by atoms with Crippen molar-refractivity contribution >= 4 is 11.8 Å². The highest BCUT2D eigenvalue weighted by atomic mass is 16.5.